The van der Waals surface area contributed by atoms with E-state index in [0.717, 1.165) is 5.56 Å². The van der Waals surface area contributed by atoms with Crippen molar-refractivity contribution < 1.29 is 9.53 Å². The van der Waals surface area contributed by atoms with Crippen LogP contribution in [-0.4, -0.2) is 37.0 Å². The summed E-state index contributed by atoms with van der Waals surface area (Å²) in [5.41, 5.74) is 4.11. The van der Waals surface area contributed by atoms with Gasteiger partial charge in [-0.2, -0.15) is 10.2 Å². The second-order valence-corrected chi connectivity index (χ2v) is 7.40. The number of fused-ring (bicyclic) bond motifs is 1. The molecule has 0 aromatic carbocycles. The SMILES string of the molecule is CCNC(=O)c1ccc(Nc2cc(Oc3cnc(C#N)cc3C)nc3c2ncn3C)nc1C. The molecular weight excluding hydrogens is 420 g/mol. The smallest absolute Gasteiger partial charge is 0.253 e. The summed E-state index contributed by atoms with van der Waals surface area (Å²) < 4.78 is 7.77. The fraction of sp³-hybridized carbons (Fsp3) is 0.217. The monoisotopic (exact) mass is 442 g/mol. The molecule has 0 aliphatic carbocycles. The number of anilines is 2. The number of pyridine rings is 3. The Hall–Kier alpha value is -4.52. The lowest BCUT2D eigenvalue weighted by Crippen LogP contribution is -2.23. The maximum atomic E-state index is 12.2. The van der Waals surface area contributed by atoms with Crippen LogP contribution in [0.15, 0.2) is 36.8 Å². The van der Waals surface area contributed by atoms with E-state index in [1.165, 1.54) is 6.20 Å². The van der Waals surface area contributed by atoms with Crippen LogP contribution < -0.4 is 15.4 Å². The molecule has 33 heavy (non-hydrogen) atoms. The summed E-state index contributed by atoms with van der Waals surface area (Å²) in [7, 11) is 1.84. The van der Waals surface area contributed by atoms with Crippen LogP contribution >= 0.6 is 0 Å². The molecule has 4 aromatic rings. The van der Waals surface area contributed by atoms with Crippen LogP contribution in [0.2, 0.25) is 0 Å². The molecule has 4 heterocycles. The van der Waals surface area contributed by atoms with Crippen LogP contribution in [0.3, 0.4) is 0 Å². The van der Waals surface area contributed by atoms with Crippen molar-refractivity contribution in [2.24, 2.45) is 7.05 Å². The van der Waals surface area contributed by atoms with Crippen molar-refractivity contribution in [2.75, 3.05) is 11.9 Å². The van der Waals surface area contributed by atoms with Gasteiger partial charge in [-0.05, 0) is 44.5 Å². The van der Waals surface area contributed by atoms with Crippen LogP contribution in [0.25, 0.3) is 11.2 Å². The molecule has 4 aromatic heterocycles. The Kier molecular flexibility index (Phi) is 5.87. The summed E-state index contributed by atoms with van der Waals surface area (Å²) in [4.78, 5) is 29.8. The minimum atomic E-state index is -0.160. The summed E-state index contributed by atoms with van der Waals surface area (Å²) in [5.74, 6) is 1.22. The number of rotatable bonds is 6. The largest absolute Gasteiger partial charge is 0.437 e. The average molecular weight is 442 g/mol. The number of aromatic nitrogens is 5. The molecule has 0 unspecified atom stereocenters. The molecule has 0 atom stereocenters. The highest BCUT2D eigenvalue weighted by Crippen LogP contribution is 2.31. The first-order chi connectivity index (χ1) is 15.9. The molecule has 166 valence electrons. The predicted molar refractivity (Wildman–Crippen MR) is 123 cm³/mol. The van der Waals surface area contributed by atoms with E-state index in [9.17, 15) is 4.79 Å². The highest BCUT2D eigenvalue weighted by Gasteiger charge is 2.15. The Morgan fingerprint density at radius 3 is 2.73 bits per heavy atom. The third-order valence-corrected chi connectivity index (χ3v) is 4.97. The Morgan fingerprint density at radius 1 is 1.21 bits per heavy atom. The fourth-order valence-electron chi connectivity index (χ4n) is 3.31. The number of imidazole rings is 1. The lowest BCUT2D eigenvalue weighted by molar-refractivity contribution is 0.0955. The number of hydrogen-bond acceptors (Lipinski definition) is 8. The third-order valence-electron chi connectivity index (χ3n) is 4.97. The summed E-state index contributed by atoms with van der Waals surface area (Å²) in [6.07, 6.45) is 3.17. The summed E-state index contributed by atoms with van der Waals surface area (Å²) >= 11 is 0. The fourth-order valence-corrected chi connectivity index (χ4v) is 3.31. The summed E-state index contributed by atoms with van der Waals surface area (Å²) in [6, 6.07) is 8.86. The van der Waals surface area contributed by atoms with Crippen LogP contribution in [0, 0.1) is 25.2 Å². The standard InChI is InChI=1S/C23H22N8O2/c1-5-25-23(32)16-6-7-19(28-14(16)3)29-17-9-20(30-22-21(17)27-12-31(22)4)33-18-11-26-15(10-24)8-13(18)2/h6-9,11-12H,5H2,1-4H3,(H,25,32)(H,28,29,30). The van der Waals surface area contributed by atoms with Gasteiger partial charge < -0.3 is 19.9 Å². The molecule has 0 fully saturated rings. The maximum Gasteiger partial charge on any atom is 0.253 e. The van der Waals surface area contributed by atoms with Crippen LogP contribution in [0.1, 0.15) is 34.2 Å². The number of carbonyl (C=O) groups is 1. The van der Waals surface area contributed by atoms with E-state index in [1.54, 1.807) is 42.1 Å². The zero-order valence-electron chi connectivity index (χ0n) is 18.7. The molecule has 2 N–H and O–H groups in total. The van der Waals surface area contributed by atoms with Crippen molar-refractivity contribution in [3.05, 3.63) is 59.3 Å². The second kappa shape index (κ2) is 8.92. The quantitative estimate of drug-likeness (QED) is 0.464. The molecule has 0 saturated heterocycles. The Labute approximate surface area is 190 Å². The Balaban J connectivity index is 1.69. The number of hydrogen-bond donors (Lipinski definition) is 2. The second-order valence-electron chi connectivity index (χ2n) is 7.40. The molecular formula is C23H22N8O2. The highest BCUT2D eigenvalue weighted by molar-refractivity contribution is 5.95. The molecule has 10 heteroatoms. The minimum Gasteiger partial charge on any atom is -0.437 e. The molecule has 10 nitrogen and oxygen atoms in total. The van der Waals surface area contributed by atoms with E-state index < -0.39 is 0 Å². The van der Waals surface area contributed by atoms with Crippen LogP contribution in [-0.2, 0) is 7.05 Å². The van der Waals surface area contributed by atoms with Crippen molar-refractivity contribution >= 4 is 28.6 Å². The third kappa shape index (κ3) is 4.43. The van der Waals surface area contributed by atoms with Crippen molar-refractivity contribution in [1.29, 1.82) is 5.26 Å². The van der Waals surface area contributed by atoms with Gasteiger partial charge in [-0.1, -0.05) is 0 Å². The molecule has 0 radical (unpaired) electrons. The van der Waals surface area contributed by atoms with Crippen molar-refractivity contribution in [2.45, 2.75) is 20.8 Å². The summed E-state index contributed by atoms with van der Waals surface area (Å²) in [5, 5.41) is 15.1. The van der Waals surface area contributed by atoms with E-state index in [1.807, 2.05) is 27.0 Å². The molecule has 1 amide bonds. The van der Waals surface area contributed by atoms with Crippen LogP contribution in [0.5, 0.6) is 11.6 Å². The number of carbonyl (C=O) groups excluding carboxylic acids is 1. The van der Waals surface area contributed by atoms with E-state index in [2.05, 4.69) is 30.6 Å². The number of nitriles is 1. The topological polar surface area (TPSA) is 131 Å². The zero-order chi connectivity index (χ0) is 23.5. The first kappa shape index (κ1) is 21.7. The summed E-state index contributed by atoms with van der Waals surface area (Å²) in [6.45, 7) is 6.04. The minimum absolute atomic E-state index is 0.160. The Bertz CT molecular complexity index is 1400. The van der Waals surface area contributed by atoms with Gasteiger partial charge in [-0.3, -0.25) is 4.79 Å². The van der Waals surface area contributed by atoms with Gasteiger partial charge in [0.25, 0.3) is 5.91 Å². The first-order valence-corrected chi connectivity index (χ1v) is 10.3. The van der Waals surface area contributed by atoms with E-state index >= 15 is 0 Å². The van der Waals surface area contributed by atoms with E-state index in [4.69, 9.17) is 10.00 Å². The van der Waals surface area contributed by atoms with Crippen molar-refractivity contribution in [3.63, 3.8) is 0 Å². The van der Waals surface area contributed by atoms with Gasteiger partial charge in [0.05, 0.1) is 29.5 Å². The normalized spacial score (nSPS) is 10.6. The van der Waals surface area contributed by atoms with E-state index in [0.29, 0.717) is 57.8 Å². The van der Waals surface area contributed by atoms with Gasteiger partial charge in [0.1, 0.15) is 23.1 Å². The number of ether oxygens (including phenoxy) is 1. The average Bonchev–Trinajstić information content (AvgIpc) is 3.16. The van der Waals surface area contributed by atoms with Crippen LogP contribution in [0.4, 0.5) is 11.5 Å². The van der Waals surface area contributed by atoms with Gasteiger partial charge in [-0.25, -0.2) is 15.0 Å². The molecule has 0 spiro atoms. The zero-order valence-corrected chi connectivity index (χ0v) is 18.7. The molecule has 4 rings (SSSR count). The maximum absolute atomic E-state index is 12.2. The lowest BCUT2D eigenvalue weighted by Gasteiger charge is -2.12. The number of nitrogens with one attached hydrogen (secondary N) is 2. The highest BCUT2D eigenvalue weighted by atomic mass is 16.5. The molecule has 0 aliphatic heterocycles. The molecule has 0 aliphatic rings. The van der Waals surface area contributed by atoms with Gasteiger partial charge >= 0.3 is 0 Å². The van der Waals surface area contributed by atoms with Crippen molar-refractivity contribution in [3.8, 4) is 17.7 Å². The van der Waals surface area contributed by atoms with Gasteiger partial charge in [0.2, 0.25) is 5.88 Å². The van der Waals surface area contributed by atoms with Gasteiger partial charge in [-0.15, -0.1) is 0 Å². The number of aryl methyl sites for hydroxylation is 3. The molecule has 0 bridgehead atoms. The van der Waals surface area contributed by atoms with Gasteiger partial charge in [0, 0.05) is 19.7 Å². The Morgan fingerprint density at radius 2 is 2.03 bits per heavy atom. The number of nitrogens with zero attached hydrogens (tertiary/aromatic N) is 6. The lowest BCUT2D eigenvalue weighted by atomic mass is 10.2. The molecule has 0 saturated carbocycles. The van der Waals surface area contributed by atoms with Crippen molar-refractivity contribution in [1.82, 2.24) is 29.8 Å². The predicted octanol–water partition coefficient (Wildman–Crippen LogP) is 3.53. The first-order valence-electron chi connectivity index (χ1n) is 10.3. The number of amides is 1. The van der Waals surface area contributed by atoms with E-state index in [-0.39, 0.29) is 5.91 Å². The van der Waals surface area contributed by atoms with Gasteiger partial charge in [0.15, 0.2) is 11.4 Å².